The monoisotopic (exact) mass is 267 g/mol. The zero-order valence-corrected chi connectivity index (χ0v) is 11.6. The van der Waals surface area contributed by atoms with E-state index in [2.05, 4.69) is 0 Å². The molecule has 0 bridgehead atoms. The van der Waals surface area contributed by atoms with Gasteiger partial charge in [-0.1, -0.05) is 36.2 Å². The van der Waals surface area contributed by atoms with Gasteiger partial charge in [-0.15, -0.1) is 0 Å². The van der Waals surface area contributed by atoms with E-state index in [1.54, 1.807) is 0 Å². The van der Waals surface area contributed by atoms with Gasteiger partial charge < -0.3 is 5.73 Å². The Morgan fingerprint density at radius 3 is 2.78 bits per heavy atom. The van der Waals surface area contributed by atoms with Crippen LogP contribution in [-0.4, -0.2) is 20.2 Å². The smallest absolute Gasteiger partial charge is 0.157 e. The Kier molecular flexibility index (Phi) is 4.07. The summed E-state index contributed by atoms with van der Waals surface area (Å²) in [6.07, 6.45) is 2.71. The van der Waals surface area contributed by atoms with Crippen LogP contribution in [0, 0.1) is 12.8 Å². The van der Waals surface area contributed by atoms with Crippen LogP contribution in [0.3, 0.4) is 0 Å². The number of nitrogens with two attached hydrogens (primary N) is 1. The van der Waals surface area contributed by atoms with Gasteiger partial charge in [0, 0.05) is 0 Å². The summed E-state index contributed by atoms with van der Waals surface area (Å²) in [5, 5.41) is -0.233. The molecule has 1 fully saturated rings. The van der Waals surface area contributed by atoms with Crippen LogP contribution in [0.4, 0.5) is 0 Å². The van der Waals surface area contributed by atoms with Crippen molar-refractivity contribution < 1.29 is 8.42 Å². The van der Waals surface area contributed by atoms with Crippen molar-refractivity contribution in [3.63, 3.8) is 0 Å². The lowest BCUT2D eigenvalue weighted by Gasteiger charge is -2.18. The maximum Gasteiger partial charge on any atom is 0.157 e. The summed E-state index contributed by atoms with van der Waals surface area (Å²) < 4.78 is 24.9. The molecule has 1 aromatic carbocycles. The van der Waals surface area contributed by atoms with Crippen LogP contribution in [0.15, 0.2) is 24.3 Å². The van der Waals surface area contributed by atoms with Gasteiger partial charge in [0.2, 0.25) is 0 Å². The van der Waals surface area contributed by atoms with Crippen molar-refractivity contribution in [1.29, 1.82) is 0 Å². The average molecular weight is 267 g/mol. The topological polar surface area (TPSA) is 60.2 Å². The van der Waals surface area contributed by atoms with Gasteiger partial charge in [-0.05, 0) is 37.8 Å². The Morgan fingerprint density at radius 2 is 2.11 bits per heavy atom. The lowest BCUT2D eigenvalue weighted by atomic mass is 10.1. The van der Waals surface area contributed by atoms with Gasteiger partial charge in [0.05, 0.1) is 11.0 Å². The number of benzene rings is 1. The molecule has 0 aromatic heterocycles. The van der Waals surface area contributed by atoms with E-state index in [-0.39, 0.29) is 16.9 Å². The molecule has 2 N–H and O–H groups in total. The molecule has 1 aliphatic rings. The average Bonchev–Trinajstić information content (AvgIpc) is 2.77. The van der Waals surface area contributed by atoms with E-state index in [4.69, 9.17) is 5.73 Å². The van der Waals surface area contributed by atoms with Crippen molar-refractivity contribution in [2.24, 2.45) is 11.7 Å². The molecule has 18 heavy (non-hydrogen) atoms. The molecule has 1 aliphatic carbocycles. The molecule has 0 radical (unpaired) electrons. The van der Waals surface area contributed by atoms with E-state index in [0.29, 0.717) is 6.54 Å². The van der Waals surface area contributed by atoms with Crippen LogP contribution in [0.2, 0.25) is 0 Å². The maximum absolute atomic E-state index is 12.4. The molecular formula is C14H21NO2S. The Bertz CT molecular complexity index is 510. The first-order chi connectivity index (χ1) is 8.53. The summed E-state index contributed by atoms with van der Waals surface area (Å²) in [7, 11) is -3.07. The van der Waals surface area contributed by atoms with Gasteiger partial charge >= 0.3 is 0 Å². The zero-order valence-electron chi connectivity index (χ0n) is 10.8. The SMILES string of the molecule is Cc1cccc(CS(=O)(=O)C2CCCC2CN)c1. The molecule has 0 spiro atoms. The molecule has 1 saturated carbocycles. The molecule has 2 unspecified atom stereocenters. The molecule has 2 atom stereocenters. The zero-order chi connectivity index (χ0) is 13.2. The molecule has 0 amide bonds. The molecule has 100 valence electrons. The number of hydrogen-bond donors (Lipinski definition) is 1. The summed E-state index contributed by atoms with van der Waals surface area (Å²) >= 11 is 0. The molecule has 3 nitrogen and oxygen atoms in total. The molecule has 2 rings (SSSR count). The maximum atomic E-state index is 12.4. The second-order valence-electron chi connectivity index (χ2n) is 5.26. The number of sulfone groups is 1. The highest BCUT2D eigenvalue weighted by molar-refractivity contribution is 7.91. The normalized spacial score (nSPS) is 24.3. The summed E-state index contributed by atoms with van der Waals surface area (Å²) in [6, 6.07) is 7.73. The van der Waals surface area contributed by atoms with E-state index in [9.17, 15) is 8.42 Å². The van der Waals surface area contributed by atoms with Gasteiger partial charge in [-0.3, -0.25) is 0 Å². The summed E-state index contributed by atoms with van der Waals surface area (Å²) in [5.41, 5.74) is 7.66. The predicted molar refractivity (Wildman–Crippen MR) is 74.0 cm³/mol. The standard InChI is InChI=1S/C14H21NO2S/c1-11-4-2-5-12(8-11)10-18(16,17)14-7-3-6-13(14)9-15/h2,4-5,8,13-14H,3,6-7,9-10,15H2,1H3. The third-order valence-electron chi connectivity index (χ3n) is 3.80. The molecule has 0 heterocycles. The first-order valence-electron chi connectivity index (χ1n) is 6.50. The summed E-state index contributed by atoms with van der Waals surface area (Å²) in [6.45, 7) is 2.46. The van der Waals surface area contributed by atoms with Crippen LogP contribution in [0.1, 0.15) is 30.4 Å². The molecule has 0 saturated heterocycles. The van der Waals surface area contributed by atoms with Crippen molar-refractivity contribution >= 4 is 9.84 Å². The quantitative estimate of drug-likeness (QED) is 0.908. The van der Waals surface area contributed by atoms with E-state index >= 15 is 0 Å². The van der Waals surface area contributed by atoms with E-state index < -0.39 is 9.84 Å². The fourth-order valence-electron chi connectivity index (χ4n) is 2.89. The van der Waals surface area contributed by atoms with Gasteiger partial charge in [-0.25, -0.2) is 8.42 Å². The van der Waals surface area contributed by atoms with Gasteiger partial charge in [0.1, 0.15) is 0 Å². The number of hydrogen-bond acceptors (Lipinski definition) is 3. The van der Waals surface area contributed by atoms with Crippen molar-refractivity contribution in [3.8, 4) is 0 Å². The van der Waals surface area contributed by atoms with Gasteiger partial charge in [0.15, 0.2) is 9.84 Å². The van der Waals surface area contributed by atoms with Crippen LogP contribution in [0.25, 0.3) is 0 Å². The highest BCUT2D eigenvalue weighted by atomic mass is 32.2. The third kappa shape index (κ3) is 2.93. The predicted octanol–water partition coefficient (Wildman–Crippen LogP) is 2.04. The summed E-state index contributed by atoms with van der Waals surface area (Å²) in [4.78, 5) is 0. The third-order valence-corrected chi connectivity index (χ3v) is 6.08. The molecule has 4 heteroatoms. The Labute approximate surface area is 109 Å². The summed E-state index contributed by atoms with van der Waals surface area (Å²) in [5.74, 6) is 0.301. The second-order valence-corrected chi connectivity index (χ2v) is 7.48. The van der Waals surface area contributed by atoms with Crippen LogP contribution < -0.4 is 5.73 Å². The first-order valence-corrected chi connectivity index (χ1v) is 8.21. The number of aryl methyl sites for hydroxylation is 1. The highest BCUT2D eigenvalue weighted by Gasteiger charge is 2.36. The fraction of sp³-hybridized carbons (Fsp3) is 0.571. The van der Waals surface area contributed by atoms with Crippen LogP contribution >= 0.6 is 0 Å². The van der Waals surface area contributed by atoms with Crippen molar-refractivity contribution in [2.75, 3.05) is 6.54 Å². The molecule has 1 aromatic rings. The Balaban J connectivity index is 2.17. The Morgan fingerprint density at radius 1 is 1.33 bits per heavy atom. The van der Waals surface area contributed by atoms with E-state index in [0.717, 1.165) is 30.4 Å². The van der Waals surface area contributed by atoms with Crippen molar-refractivity contribution in [2.45, 2.75) is 37.2 Å². The lowest BCUT2D eigenvalue weighted by Crippen LogP contribution is -2.31. The molecular weight excluding hydrogens is 246 g/mol. The van der Waals surface area contributed by atoms with E-state index in [1.165, 1.54) is 0 Å². The highest BCUT2D eigenvalue weighted by Crippen LogP contribution is 2.32. The minimum Gasteiger partial charge on any atom is -0.330 e. The fourth-order valence-corrected chi connectivity index (χ4v) is 5.10. The number of rotatable bonds is 4. The lowest BCUT2D eigenvalue weighted by molar-refractivity contribution is 0.523. The van der Waals surface area contributed by atoms with E-state index in [1.807, 2.05) is 31.2 Å². The molecule has 0 aliphatic heterocycles. The van der Waals surface area contributed by atoms with Gasteiger partial charge in [-0.2, -0.15) is 0 Å². The minimum absolute atomic E-state index is 0.149. The first kappa shape index (κ1) is 13.6. The van der Waals surface area contributed by atoms with Crippen molar-refractivity contribution in [1.82, 2.24) is 0 Å². The van der Waals surface area contributed by atoms with Crippen LogP contribution in [-0.2, 0) is 15.6 Å². The second kappa shape index (κ2) is 5.41. The Hall–Kier alpha value is -0.870. The minimum atomic E-state index is -3.07. The van der Waals surface area contributed by atoms with Crippen molar-refractivity contribution in [3.05, 3.63) is 35.4 Å². The largest absolute Gasteiger partial charge is 0.330 e. The van der Waals surface area contributed by atoms with Crippen LogP contribution in [0.5, 0.6) is 0 Å². The van der Waals surface area contributed by atoms with Gasteiger partial charge in [0.25, 0.3) is 0 Å².